The number of rotatable bonds is 20. The number of aliphatic hydroxyl groups excluding tert-OH is 1. The van der Waals surface area contributed by atoms with E-state index in [4.69, 9.17) is 11.5 Å². The van der Waals surface area contributed by atoms with Crippen molar-refractivity contribution in [1.82, 2.24) is 26.6 Å². The number of amides is 6. The number of carbonyl (C=O) groups excluding carboxylic acids is 6. The van der Waals surface area contributed by atoms with E-state index in [0.717, 1.165) is 12.1 Å². The Kier molecular flexibility index (Phi) is 16.3. The molecular formula is C34H51N8O8+. The Labute approximate surface area is 291 Å². The molecule has 0 spiro atoms. The van der Waals surface area contributed by atoms with Crippen molar-refractivity contribution in [2.75, 3.05) is 34.3 Å². The van der Waals surface area contributed by atoms with E-state index in [1.165, 1.54) is 19.1 Å². The largest absolute Gasteiger partial charge is 0.508 e. The summed E-state index contributed by atoms with van der Waals surface area (Å²) in [5.41, 5.74) is 12.6. The molecule has 2 aromatic rings. The van der Waals surface area contributed by atoms with E-state index in [0.29, 0.717) is 22.9 Å². The topological polar surface area (TPSA) is 255 Å². The minimum Gasteiger partial charge on any atom is -0.508 e. The Morgan fingerprint density at radius 3 is 1.72 bits per heavy atom. The molecule has 0 saturated carbocycles. The molecule has 0 fully saturated rings. The van der Waals surface area contributed by atoms with E-state index in [9.17, 15) is 39.0 Å². The molecule has 2 rings (SSSR count). The van der Waals surface area contributed by atoms with Crippen molar-refractivity contribution >= 4 is 35.4 Å². The number of hydrogen-bond donors (Lipinski definition) is 9. The van der Waals surface area contributed by atoms with Gasteiger partial charge in [0.25, 0.3) is 5.91 Å². The van der Waals surface area contributed by atoms with Crippen molar-refractivity contribution in [1.29, 1.82) is 0 Å². The van der Waals surface area contributed by atoms with Crippen LogP contribution in [0.15, 0.2) is 54.6 Å². The van der Waals surface area contributed by atoms with Crippen molar-refractivity contribution in [2.24, 2.45) is 11.5 Å². The number of primary amides is 1. The Balaban J connectivity index is 2.27. The highest BCUT2D eigenvalue weighted by Crippen LogP contribution is 2.13. The molecule has 274 valence electrons. The number of aliphatic hydroxyl groups is 1. The van der Waals surface area contributed by atoms with E-state index < -0.39 is 72.4 Å². The van der Waals surface area contributed by atoms with E-state index in [1.54, 1.807) is 42.5 Å². The third-order valence-electron chi connectivity index (χ3n) is 7.61. The van der Waals surface area contributed by atoms with E-state index in [2.05, 4.69) is 26.6 Å². The summed E-state index contributed by atoms with van der Waals surface area (Å²) < 4.78 is 0.673. The summed E-state index contributed by atoms with van der Waals surface area (Å²) in [5, 5.41) is 31.7. The Hall–Kier alpha value is -5.06. The molecule has 0 radical (unpaired) electrons. The van der Waals surface area contributed by atoms with Gasteiger partial charge in [-0.3, -0.25) is 28.8 Å². The van der Waals surface area contributed by atoms with Gasteiger partial charge in [-0.25, -0.2) is 0 Å². The van der Waals surface area contributed by atoms with Gasteiger partial charge in [0, 0.05) is 19.8 Å². The number of hydrogen-bond acceptors (Lipinski definition) is 9. The summed E-state index contributed by atoms with van der Waals surface area (Å²) in [6.45, 7) is 1.28. The van der Waals surface area contributed by atoms with Crippen LogP contribution in [0.1, 0.15) is 37.3 Å². The third-order valence-corrected chi connectivity index (χ3v) is 7.61. The summed E-state index contributed by atoms with van der Waals surface area (Å²) in [4.78, 5) is 76.9. The zero-order valence-electron chi connectivity index (χ0n) is 29.0. The predicted octanol–water partition coefficient (Wildman–Crippen LogP) is -2.11. The van der Waals surface area contributed by atoms with E-state index in [1.807, 2.05) is 21.1 Å². The molecule has 0 bridgehead atoms. The van der Waals surface area contributed by atoms with Crippen molar-refractivity contribution in [3.63, 3.8) is 0 Å². The summed E-state index contributed by atoms with van der Waals surface area (Å²) in [7, 11) is 6.03. The number of nitrogens with one attached hydrogen (secondary N) is 5. The minimum atomic E-state index is -1.64. The number of aromatic hydroxyl groups is 1. The van der Waals surface area contributed by atoms with Crippen molar-refractivity contribution in [2.45, 2.75) is 69.4 Å². The minimum absolute atomic E-state index is 0.0220. The van der Waals surface area contributed by atoms with Crippen LogP contribution >= 0.6 is 0 Å². The van der Waals surface area contributed by atoms with Gasteiger partial charge in [0.2, 0.25) is 29.5 Å². The molecule has 0 saturated heterocycles. The second-order valence-corrected chi connectivity index (χ2v) is 13.1. The lowest BCUT2D eigenvalue weighted by Gasteiger charge is -2.27. The fourth-order valence-electron chi connectivity index (χ4n) is 4.92. The first-order valence-electron chi connectivity index (χ1n) is 16.3. The maximum atomic E-state index is 13.7. The van der Waals surface area contributed by atoms with Crippen LogP contribution in [0.5, 0.6) is 5.75 Å². The van der Waals surface area contributed by atoms with Gasteiger partial charge in [0.05, 0.1) is 34.3 Å². The number of unbranched alkanes of at least 4 members (excludes halogenated alkanes) is 1. The maximum absolute atomic E-state index is 13.7. The first-order valence-corrected chi connectivity index (χ1v) is 16.3. The monoisotopic (exact) mass is 699 g/mol. The normalized spacial score (nSPS) is 14.2. The molecular weight excluding hydrogens is 648 g/mol. The second-order valence-electron chi connectivity index (χ2n) is 13.1. The maximum Gasteiger partial charge on any atom is 0.258 e. The van der Waals surface area contributed by atoms with Crippen molar-refractivity contribution < 1.29 is 43.5 Å². The lowest BCUT2D eigenvalue weighted by Crippen LogP contribution is -2.61. The summed E-state index contributed by atoms with van der Waals surface area (Å²) in [6, 6.07) is 9.85. The number of nitrogens with two attached hydrogens (primary N) is 2. The lowest BCUT2D eigenvalue weighted by atomic mass is 10.0. The second kappa shape index (κ2) is 19.8. The molecule has 50 heavy (non-hydrogen) atoms. The zero-order valence-corrected chi connectivity index (χ0v) is 29.0. The average Bonchev–Trinajstić information content (AvgIpc) is 3.04. The Morgan fingerprint density at radius 1 is 0.680 bits per heavy atom. The van der Waals surface area contributed by atoms with E-state index in [-0.39, 0.29) is 25.0 Å². The van der Waals surface area contributed by atoms with Gasteiger partial charge in [-0.1, -0.05) is 42.5 Å². The fraction of sp³-hybridized carbons (Fsp3) is 0.471. The highest BCUT2D eigenvalue weighted by molar-refractivity contribution is 5.96. The molecule has 0 aliphatic rings. The molecule has 0 heterocycles. The smallest absolute Gasteiger partial charge is 0.258 e. The summed E-state index contributed by atoms with van der Waals surface area (Å²) in [5.74, 6) is -4.66. The van der Waals surface area contributed by atoms with E-state index >= 15 is 0 Å². The number of quaternary nitrogens is 1. The summed E-state index contributed by atoms with van der Waals surface area (Å²) >= 11 is 0. The highest BCUT2D eigenvalue weighted by Gasteiger charge is 2.31. The number of carbonyl (C=O) groups is 6. The van der Waals surface area contributed by atoms with Crippen LogP contribution in [0.3, 0.4) is 0 Å². The number of phenols is 1. The van der Waals surface area contributed by atoms with Gasteiger partial charge >= 0.3 is 0 Å². The lowest BCUT2D eigenvalue weighted by molar-refractivity contribution is -0.870. The first-order chi connectivity index (χ1) is 23.5. The number of nitrogens with zero attached hydrogens (tertiary/aromatic N) is 1. The van der Waals surface area contributed by atoms with Crippen LogP contribution in [-0.4, -0.2) is 115 Å². The first kappa shape index (κ1) is 41.1. The Bertz CT molecular complexity index is 1450. The average molecular weight is 700 g/mol. The molecule has 0 aromatic heterocycles. The predicted molar refractivity (Wildman–Crippen MR) is 185 cm³/mol. The van der Waals surface area contributed by atoms with Gasteiger partial charge in [-0.15, -0.1) is 0 Å². The highest BCUT2D eigenvalue weighted by atomic mass is 16.3. The van der Waals surface area contributed by atoms with Crippen LogP contribution < -0.4 is 38.1 Å². The summed E-state index contributed by atoms with van der Waals surface area (Å²) in [6.07, 6.45) is -0.238. The van der Waals surface area contributed by atoms with Crippen LogP contribution in [0.4, 0.5) is 0 Å². The van der Waals surface area contributed by atoms with Gasteiger partial charge in [-0.05, 0) is 42.5 Å². The van der Waals surface area contributed by atoms with Crippen LogP contribution in [0.2, 0.25) is 0 Å². The molecule has 0 aliphatic carbocycles. The quantitative estimate of drug-likeness (QED) is 0.0416. The third kappa shape index (κ3) is 15.0. The number of phenolic OH excluding ortho intramolecular Hbond substituents is 1. The molecule has 2 aromatic carbocycles. The molecule has 11 N–H and O–H groups in total. The molecule has 16 nitrogen and oxygen atoms in total. The molecule has 1 unspecified atom stereocenters. The zero-order chi connectivity index (χ0) is 37.4. The SMILES string of the molecule is CC(=O)N[C@@H](Cc1ccccc1)C(=O)N[C@@H](N)C(=O)N[C@@H](Cc1ccc(O)cc1)C(=O)NC(CCCC[N+](C)(C)C)C(=O)N[C@@H](CO)C(N)=O. The van der Waals surface area contributed by atoms with Gasteiger partial charge in [-0.2, -0.15) is 0 Å². The number of benzene rings is 2. The Morgan fingerprint density at radius 2 is 1.18 bits per heavy atom. The van der Waals surface area contributed by atoms with Crippen molar-refractivity contribution in [3.8, 4) is 5.75 Å². The van der Waals surface area contributed by atoms with Crippen LogP contribution in [0, 0.1) is 0 Å². The van der Waals surface area contributed by atoms with Crippen LogP contribution in [-0.2, 0) is 41.6 Å². The van der Waals surface area contributed by atoms with Gasteiger partial charge in [0.1, 0.15) is 29.9 Å². The van der Waals surface area contributed by atoms with Gasteiger partial charge in [0.15, 0.2) is 6.17 Å². The van der Waals surface area contributed by atoms with Crippen LogP contribution in [0.25, 0.3) is 0 Å². The molecule has 16 heteroatoms. The molecule has 6 amide bonds. The molecule has 0 aliphatic heterocycles. The van der Waals surface area contributed by atoms with Crippen molar-refractivity contribution in [3.05, 3.63) is 65.7 Å². The fourth-order valence-corrected chi connectivity index (χ4v) is 4.92. The van der Waals surface area contributed by atoms with Gasteiger partial charge < -0.3 is 52.7 Å². The standard InChI is InChI=1S/C34H50N8O8/c1-21(44)37-26(18-22-10-6-5-7-11-22)33(49)41-29(35)34(50)39-27(19-23-13-15-24(45)16-14-23)32(48)38-25(12-8-9-17-42(2,3)4)31(47)40-28(20-43)30(36)46/h5-7,10-11,13-16,25-29,43H,8-9,12,17-20,35H2,1-4H3,(H7-,36,37,38,39,40,41,44,45,46,47,48,49,50)/p+1/t25?,26-,27-,28-,29+/m0/s1. The molecule has 5 atom stereocenters.